The lowest BCUT2D eigenvalue weighted by Gasteiger charge is -2.08. The number of aromatic nitrogens is 1. The number of nitrogens with zero attached hydrogens (tertiary/aromatic N) is 1. The molecule has 0 saturated heterocycles. The minimum atomic E-state index is -0.302. The minimum Gasteiger partial charge on any atom is -0.618 e. The topological polar surface area (TPSA) is 56.0 Å². The van der Waals surface area contributed by atoms with Crippen molar-refractivity contribution in [3.05, 3.63) is 56.8 Å². The molecule has 0 atom stereocenters. The van der Waals surface area contributed by atoms with E-state index in [1.807, 2.05) is 0 Å². The van der Waals surface area contributed by atoms with Crippen LogP contribution in [0.25, 0.3) is 0 Å². The Morgan fingerprint density at radius 3 is 2.62 bits per heavy atom. The van der Waals surface area contributed by atoms with Gasteiger partial charge in [0.25, 0.3) is 5.03 Å². The maximum Gasteiger partial charge on any atom is 0.251 e. The van der Waals surface area contributed by atoms with Gasteiger partial charge < -0.3 is 10.5 Å². The molecule has 0 aliphatic carbocycles. The standard InChI is InChI=1S/C13H9Cl3N2O2S/c14-8-5-10(16)11(6-9(8)15)17-12(19)7-21-13-3-1-2-4-18(13)20/h1-6H,7H2,(H,17,19). The van der Waals surface area contributed by atoms with Gasteiger partial charge in [0.2, 0.25) is 5.91 Å². The molecular weight excluding hydrogens is 355 g/mol. The zero-order chi connectivity index (χ0) is 15.4. The number of amides is 1. The molecule has 110 valence electrons. The first-order valence-corrected chi connectivity index (χ1v) is 7.84. The Kier molecular flexibility index (Phi) is 5.58. The first-order valence-electron chi connectivity index (χ1n) is 5.73. The number of halogens is 3. The third-order valence-electron chi connectivity index (χ3n) is 2.42. The summed E-state index contributed by atoms with van der Waals surface area (Å²) < 4.78 is 0.698. The Morgan fingerprint density at radius 2 is 1.90 bits per heavy atom. The molecule has 2 rings (SSSR count). The molecule has 0 unspecified atom stereocenters. The van der Waals surface area contributed by atoms with Crippen LogP contribution in [0.4, 0.5) is 5.69 Å². The highest BCUT2D eigenvalue weighted by molar-refractivity contribution is 7.99. The van der Waals surface area contributed by atoms with Gasteiger partial charge in [-0.2, -0.15) is 4.73 Å². The van der Waals surface area contributed by atoms with Crippen molar-refractivity contribution in [2.45, 2.75) is 5.03 Å². The van der Waals surface area contributed by atoms with Crippen LogP contribution in [0.1, 0.15) is 0 Å². The van der Waals surface area contributed by atoms with Crippen LogP contribution in [0.5, 0.6) is 0 Å². The maximum absolute atomic E-state index is 11.9. The molecule has 0 fully saturated rings. The van der Waals surface area contributed by atoms with E-state index < -0.39 is 0 Å². The molecule has 0 saturated carbocycles. The van der Waals surface area contributed by atoms with Crippen LogP contribution in [0.15, 0.2) is 41.6 Å². The SMILES string of the molecule is O=C(CSc1cccc[n+]1[O-])Nc1cc(Cl)c(Cl)cc1Cl. The lowest BCUT2D eigenvalue weighted by atomic mass is 10.3. The summed E-state index contributed by atoms with van der Waals surface area (Å²) in [5.41, 5.74) is 0.375. The van der Waals surface area contributed by atoms with Gasteiger partial charge in [-0.05, 0) is 30.0 Å². The highest BCUT2D eigenvalue weighted by Gasteiger charge is 2.12. The van der Waals surface area contributed by atoms with E-state index >= 15 is 0 Å². The van der Waals surface area contributed by atoms with Crippen molar-refractivity contribution in [1.82, 2.24) is 0 Å². The molecule has 2 aromatic rings. The molecule has 1 N–H and O–H groups in total. The molecule has 1 aromatic carbocycles. The molecule has 0 radical (unpaired) electrons. The summed E-state index contributed by atoms with van der Waals surface area (Å²) in [5, 5.41) is 15.4. The first-order chi connectivity index (χ1) is 9.97. The summed E-state index contributed by atoms with van der Waals surface area (Å²) in [6.07, 6.45) is 1.37. The number of carbonyl (C=O) groups excluding carboxylic acids is 1. The fourth-order valence-electron chi connectivity index (χ4n) is 1.47. The number of benzene rings is 1. The number of thioether (sulfide) groups is 1. The van der Waals surface area contributed by atoms with Crippen LogP contribution < -0.4 is 10.0 Å². The highest BCUT2D eigenvalue weighted by Crippen LogP contribution is 2.32. The summed E-state index contributed by atoms with van der Waals surface area (Å²) in [5.74, 6) is -0.229. The number of anilines is 1. The zero-order valence-corrected chi connectivity index (χ0v) is 13.6. The maximum atomic E-state index is 11.9. The van der Waals surface area contributed by atoms with Gasteiger partial charge in [-0.15, -0.1) is 0 Å². The molecule has 0 aliphatic heterocycles. The molecule has 8 heteroatoms. The van der Waals surface area contributed by atoms with E-state index in [-0.39, 0.29) is 11.7 Å². The van der Waals surface area contributed by atoms with Gasteiger partial charge in [0.15, 0.2) is 6.20 Å². The van der Waals surface area contributed by atoms with Crippen molar-refractivity contribution in [2.24, 2.45) is 0 Å². The third-order valence-corrected chi connectivity index (χ3v) is 4.48. The van der Waals surface area contributed by atoms with Gasteiger partial charge in [0.1, 0.15) is 0 Å². The minimum absolute atomic E-state index is 0.0722. The number of nitrogens with one attached hydrogen (secondary N) is 1. The second-order valence-corrected chi connectivity index (χ2v) is 6.16. The molecule has 1 heterocycles. The highest BCUT2D eigenvalue weighted by atomic mass is 35.5. The van der Waals surface area contributed by atoms with Crippen LogP contribution in [-0.4, -0.2) is 11.7 Å². The van der Waals surface area contributed by atoms with E-state index in [4.69, 9.17) is 34.8 Å². The van der Waals surface area contributed by atoms with Crippen molar-refractivity contribution in [3.63, 3.8) is 0 Å². The van der Waals surface area contributed by atoms with Crippen molar-refractivity contribution < 1.29 is 9.52 Å². The molecule has 0 aliphatic rings. The molecule has 1 amide bonds. The van der Waals surface area contributed by atoms with Crippen LogP contribution in [0, 0.1) is 5.21 Å². The smallest absolute Gasteiger partial charge is 0.251 e. The molecule has 4 nitrogen and oxygen atoms in total. The summed E-state index contributed by atoms with van der Waals surface area (Å²) in [6, 6.07) is 7.91. The van der Waals surface area contributed by atoms with Crippen LogP contribution in [0.2, 0.25) is 15.1 Å². The zero-order valence-electron chi connectivity index (χ0n) is 10.5. The Balaban J connectivity index is 1.99. The summed E-state index contributed by atoms with van der Waals surface area (Å²) in [6.45, 7) is 0. The normalized spacial score (nSPS) is 10.4. The van der Waals surface area contributed by atoms with E-state index in [1.165, 1.54) is 18.3 Å². The fraction of sp³-hybridized carbons (Fsp3) is 0.0769. The van der Waals surface area contributed by atoms with Gasteiger partial charge in [-0.1, -0.05) is 34.8 Å². The van der Waals surface area contributed by atoms with Gasteiger partial charge in [0.05, 0.1) is 26.5 Å². The molecule has 0 bridgehead atoms. The average Bonchev–Trinajstić information content (AvgIpc) is 2.44. The second-order valence-electron chi connectivity index (χ2n) is 3.95. The number of pyridine rings is 1. The van der Waals surface area contributed by atoms with E-state index in [9.17, 15) is 10.0 Å². The molecule has 0 spiro atoms. The Hall–Kier alpha value is -1.14. The van der Waals surface area contributed by atoms with E-state index in [2.05, 4.69) is 5.32 Å². The summed E-state index contributed by atoms with van der Waals surface area (Å²) in [7, 11) is 0. The molecule has 21 heavy (non-hydrogen) atoms. The van der Waals surface area contributed by atoms with Gasteiger partial charge in [-0.25, -0.2) is 0 Å². The molecular formula is C13H9Cl3N2O2S. The Labute approximate surface area is 140 Å². The van der Waals surface area contributed by atoms with E-state index in [0.717, 1.165) is 11.8 Å². The lowest BCUT2D eigenvalue weighted by Crippen LogP contribution is -2.28. The lowest BCUT2D eigenvalue weighted by molar-refractivity contribution is -0.645. The largest absolute Gasteiger partial charge is 0.618 e. The van der Waals surface area contributed by atoms with Crippen molar-refractivity contribution in [2.75, 3.05) is 11.1 Å². The first kappa shape index (κ1) is 16.2. The van der Waals surface area contributed by atoms with Crippen LogP contribution >= 0.6 is 46.6 Å². The summed E-state index contributed by atoms with van der Waals surface area (Å²) >= 11 is 18.8. The fourth-order valence-corrected chi connectivity index (χ4v) is 2.78. The van der Waals surface area contributed by atoms with Gasteiger partial charge in [-0.3, -0.25) is 4.79 Å². The molecule has 1 aromatic heterocycles. The van der Waals surface area contributed by atoms with Crippen LogP contribution in [0.3, 0.4) is 0 Å². The Morgan fingerprint density at radius 1 is 1.19 bits per heavy atom. The third kappa shape index (κ3) is 4.41. The predicted octanol–water partition coefficient (Wildman–Crippen LogP) is 4.01. The second kappa shape index (κ2) is 7.22. The predicted molar refractivity (Wildman–Crippen MR) is 86.2 cm³/mol. The quantitative estimate of drug-likeness (QED) is 0.386. The summed E-state index contributed by atoms with van der Waals surface area (Å²) in [4.78, 5) is 11.9. The van der Waals surface area contributed by atoms with Crippen molar-refractivity contribution in [1.29, 1.82) is 0 Å². The van der Waals surface area contributed by atoms with E-state index in [0.29, 0.717) is 30.5 Å². The van der Waals surface area contributed by atoms with Gasteiger partial charge in [0, 0.05) is 12.1 Å². The van der Waals surface area contributed by atoms with Crippen LogP contribution in [-0.2, 0) is 4.79 Å². The monoisotopic (exact) mass is 362 g/mol. The average molecular weight is 364 g/mol. The number of hydrogen-bond acceptors (Lipinski definition) is 3. The Bertz CT molecular complexity index is 682. The van der Waals surface area contributed by atoms with Crippen molar-refractivity contribution >= 4 is 58.2 Å². The van der Waals surface area contributed by atoms with E-state index in [1.54, 1.807) is 18.2 Å². The van der Waals surface area contributed by atoms with Crippen molar-refractivity contribution in [3.8, 4) is 0 Å². The number of carbonyl (C=O) groups is 1. The number of hydrogen-bond donors (Lipinski definition) is 1. The number of rotatable bonds is 4. The van der Waals surface area contributed by atoms with Gasteiger partial charge >= 0.3 is 0 Å².